The number of aromatic nitrogens is 2. The molecule has 5 nitrogen and oxygen atoms in total. The molecule has 0 saturated heterocycles. The first-order chi connectivity index (χ1) is 8.22. The number of nitrogens with one attached hydrogen (secondary N) is 1. The van der Waals surface area contributed by atoms with Gasteiger partial charge in [0.15, 0.2) is 0 Å². The average molecular weight is 255 g/mol. The van der Waals surface area contributed by atoms with Gasteiger partial charge in [0.2, 0.25) is 0 Å². The van der Waals surface area contributed by atoms with E-state index in [-0.39, 0.29) is 11.7 Å². The lowest BCUT2D eigenvalue weighted by Gasteiger charge is -2.10. The van der Waals surface area contributed by atoms with Crippen molar-refractivity contribution < 1.29 is 9.53 Å². The molecule has 0 amide bonds. The van der Waals surface area contributed by atoms with E-state index < -0.39 is 0 Å². The molecule has 0 bridgehead atoms. The van der Waals surface area contributed by atoms with E-state index in [4.69, 9.17) is 0 Å². The number of nitrogens with zero attached hydrogens (tertiary/aromatic N) is 2. The minimum Gasteiger partial charge on any atom is -0.468 e. The van der Waals surface area contributed by atoms with Gasteiger partial charge in [0.25, 0.3) is 0 Å². The van der Waals surface area contributed by atoms with Crippen LogP contribution in [0.4, 0.5) is 5.82 Å². The standard InChI is InChI=1S/C11H17N3O2S/c1-4-5-8-10(12-2)13-7-14-11(8)17-6-9(15)16-3/h7H,4-6H2,1-3H3,(H,12,13,14). The number of thioether (sulfide) groups is 1. The summed E-state index contributed by atoms with van der Waals surface area (Å²) in [5.74, 6) is 0.851. The number of anilines is 1. The third-order valence-corrected chi connectivity index (χ3v) is 3.20. The zero-order chi connectivity index (χ0) is 12.7. The predicted molar refractivity (Wildman–Crippen MR) is 68.3 cm³/mol. The fourth-order valence-electron chi connectivity index (χ4n) is 1.40. The number of methoxy groups -OCH3 is 1. The summed E-state index contributed by atoms with van der Waals surface area (Å²) in [6, 6.07) is 0. The number of ether oxygens (including phenoxy) is 1. The van der Waals surface area contributed by atoms with Gasteiger partial charge >= 0.3 is 5.97 Å². The van der Waals surface area contributed by atoms with Crippen molar-refractivity contribution in [3.63, 3.8) is 0 Å². The summed E-state index contributed by atoms with van der Waals surface area (Å²) in [5.41, 5.74) is 1.06. The van der Waals surface area contributed by atoms with Gasteiger partial charge in [-0.1, -0.05) is 25.1 Å². The molecule has 6 heteroatoms. The summed E-state index contributed by atoms with van der Waals surface area (Å²) < 4.78 is 4.61. The van der Waals surface area contributed by atoms with Crippen LogP contribution in [0.1, 0.15) is 18.9 Å². The summed E-state index contributed by atoms with van der Waals surface area (Å²) >= 11 is 1.38. The maximum atomic E-state index is 11.1. The molecule has 1 heterocycles. The highest BCUT2D eigenvalue weighted by molar-refractivity contribution is 7.99. The molecule has 1 aromatic rings. The van der Waals surface area contributed by atoms with Gasteiger partial charge in [-0.15, -0.1) is 0 Å². The van der Waals surface area contributed by atoms with Crippen LogP contribution in [0, 0.1) is 0 Å². The highest BCUT2D eigenvalue weighted by atomic mass is 32.2. The number of esters is 1. The van der Waals surface area contributed by atoms with E-state index in [1.54, 1.807) is 0 Å². The molecule has 0 aliphatic rings. The first-order valence-electron chi connectivity index (χ1n) is 5.44. The van der Waals surface area contributed by atoms with Gasteiger partial charge in [-0.3, -0.25) is 4.79 Å². The normalized spacial score (nSPS) is 10.1. The Labute approximate surface area is 105 Å². The Balaban J connectivity index is 2.85. The molecule has 0 aliphatic heterocycles. The quantitative estimate of drug-likeness (QED) is 0.474. The molecule has 1 N–H and O–H groups in total. The van der Waals surface area contributed by atoms with Crippen LogP contribution in [0.25, 0.3) is 0 Å². The van der Waals surface area contributed by atoms with E-state index in [0.717, 1.165) is 29.2 Å². The largest absolute Gasteiger partial charge is 0.468 e. The third-order valence-electron chi connectivity index (χ3n) is 2.20. The summed E-state index contributed by atoms with van der Waals surface area (Å²) in [4.78, 5) is 19.5. The van der Waals surface area contributed by atoms with Crippen LogP contribution in [-0.4, -0.2) is 35.8 Å². The van der Waals surface area contributed by atoms with Gasteiger partial charge in [-0.2, -0.15) is 0 Å². The minimum atomic E-state index is -0.248. The molecule has 0 saturated carbocycles. The zero-order valence-electron chi connectivity index (χ0n) is 10.3. The Morgan fingerprint density at radius 3 is 2.88 bits per heavy atom. The van der Waals surface area contributed by atoms with Crippen molar-refractivity contribution in [3.05, 3.63) is 11.9 Å². The van der Waals surface area contributed by atoms with Gasteiger partial charge in [0, 0.05) is 12.6 Å². The summed E-state index contributed by atoms with van der Waals surface area (Å²) in [5, 5.41) is 3.89. The monoisotopic (exact) mass is 255 g/mol. The van der Waals surface area contributed by atoms with Crippen LogP contribution in [-0.2, 0) is 16.0 Å². The highest BCUT2D eigenvalue weighted by Crippen LogP contribution is 2.25. The number of hydrogen-bond acceptors (Lipinski definition) is 6. The number of rotatable bonds is 6. The fourth-order valence-corrected chi connectivity index (χ4v) is 2.26. The van der Waals surface area contributed by atoms with E-state index in [1.165, 1.54) is 25.2 Å². The van der Waals surface area contributed by atoms with E-state index in [2.05, 4.69) is 26.9 Å². The van der Waals surface area contributed by atoms with Gasteiger partial charge < -0.3 is 10.1 Å². The lowest BCUT2D eigenvalue weighted by Crippen LogP contribution is -2.06. The van der Waals surface area contributed by atoms with Crippen LogP contribution >= 0.6 is 11.8 Å². The fraction of sp³-hybridized carbons (Fsp3) is 0.545. The number of carbonyl (C=O) groups excluding carboxylic acids is 1. The zero-order valence-corrected chi connectivity index (χ0v) is 11.1. The first kappa shape index (κ1) is 13.8. The average Bonchev–Trinajstić information content (AvgIpc) is 2.37. The lowest BCUT2D eigenvalue weighted by molar-refractivity contribution is -0.137. The summed E-state index contributed by atoms with van der Waals surface area (Å²) in [6.07, 6.45) is 3.40. The van der Waals surface area contributed by atoms with Gasteiger partial charge in [0.05, 0.1) is 12.9 Å². The molecule has 0 aromatic carbocycles. The Bertz CT molecular complexity index is 385. The topological polar surface area (TPSA) is 64.1 Å². The van der Waals surface area contributed by atoms with Gasteiger partial charge in [-0.25, -0.2) is 9.97 Å². The molecule has 1 aromatic heterocycles. The summed E-state index contributed by atoms with van der Waals surface area (Å²) in [7, 11) is 3.21. The third kappa shape index (κ3) is 3.89. The van der Waals surface area contributed by atoms with Crippen LogP contribution < -0.4 is 5.32 Å². The number of hydrogen-bond donors (Lipinski definition) is 1. The van der Waals surface area contributed by atoms with Crippen LogP contribution in [0.2, 0.25) is 0 Å². The Hall–Kier alpha value is -1.30. The molecule has 0 unspecified atom stereocenters. The molecule has 0 atom stereocenters. The van der Waals surface area contributed by atoms with Crippen LogP contribution in [0.3, 0.4) is 0 Å². The Kier molecular flexibility index (Phi) is 5.76. The Morgan fingerprint density at radius 1 is 1.53 bits per heavy atom. The predicted octanol–water partition coefficient (Wildman–Crippen LogP) is 1.74. The van der Waals surface area contributed by atoms with Crippen molar-refractivity contribution in [1.82, 2.24) is 9.97 Å². The van der Waals surface area contributed by atoms with Crippen molar-refractivity contribution in [3.8, 4) is 0 Å². The van der Waals surface area contributed by atoms with Crippen molar-refractivity contribution >= 4 is 23.5 Å². The van der Waals surface area contributed by atoms with E-state index in [9.17, 15) is 4.79 Å². The second-order valence-corrected chi connectivity index (χ2v) is 4.33. The lowest BCUT2D eigenvalue weighted by atomic mass is 10.2. The molecular weight excluding hydrogens is 238 g/mol. The molecule has 0 radical (unpaired) electrons. The summed E-state index contributed by atoms with van der Waals surface area (Å²) in [6.45, 7) is 2.10. The highest BCUT2D eigenvalue weighted by Gasteiger charge is 2.12. The molecule has 94 valence electrons. The molecule has 0 fully saturated rings. The van der Waals surface area contributed by atoms with Crippen LogP contribution in [0.5, 0.6) is 0 Å². The minimum absolute atomic E-state index is 0.248. The maximum Gasteiger partial charge on any atom is 0.316 e. The van der Waals surface area contributed by atoms with Crippen molar-refractivity contribution in [1.29, 1.82) is 0 Å². The second-order valence-electron chi connectivity index (χ2n) is 3.37. The van der Waals surface area contributed by atoms with Gasteiger partial charge in [-0.05, 0) is 6.42 Å². The second kappa shape index (κ2) is 7.11. The van der Waals surface area contributed by atoms with E-state index >= 15 is 0 Å². The first-order valence-corrected chi connectivity index (χ1v) is 6.42. The van der Waals surface area contributed by atoms with Crippen molar-refractivity contribution in [2.24, 2.45) is 0 Å². The van der Waals surface area contributed by atoms with E-state index in [0.29, 0.717) is 0 Å². The molecule has 1 rings (SSSR count). The SMILES string of the molecule is CCCc1c(NC)ncnc1SCC(=O)OC. The van der Waals surface area contributed by atoms with E-state index in [1.807, 2.05) is 7.05 Å². The van der Waals surface area contributed by atoms with Gasteiger partial charge in [0.1, 0.15) is 17.2 Å². The molecule has 17 heavy (non-hydrogen) atoms. The van der Waals surface area contributed by atoms with Crippen molar-refractivity contribution in [2.45, 2.75) is 24.8 Å². The van der Waals surface area contributed by atoms with Crippen molar-refractivity contribution in [2.75, 3.05) is 25.2 Å². The molecule has 0 aliphatic carbocycles. The smallest absolute Gasteiger partial charge is 0.316 e. The number of carbonyl (C=O) groups is 1. The molecule has 0 spiro atoms. The molecular formula is C11H17N3O2S. The Morgan fingerprint density at radius 2 is 2.29 bits per heavy atom. The van der Waals surface area contributed by atoms with Crippen LogP contribution in [0.15, 0.2) is 11.4 Å². The maximum absolute atomic E-state index is 11.1.